The summed E-state index contributed by atoms with van der Waals surface area (Å²) in [5.74, 6) is -0.914. The van der Waals surface area contributed by atoms with Gasteiger partial charge in [-0.3, -0.25) is 4.79 Å². The highest BCUT2D eigenvalue weighted by atomic mass is 79.9. The third-order valence-electron chi connectivity index (χ3n) is 2.06. The highest BCUT2D eigenvalue weighted by molar-refractivity contribution is 9.10. The van der Waals surface area contributed by atoms with Crippen molar-refractivity contribution in [1.29, 1.82) is 0 Å². The van der Waals surface area contributed by atoms with E-state index in [1.165, 1.54) is 0 Å². The normalized spacial score (nSPS) is 15.2. The molecule has 1 aromatic rings. The summed E-state index contributed by atoms with van der Waals surface area (Å²) in [6.07, 6.45) is 0. The fraction of sp³-hybridized carbons (Fsp3) is 0.364. The van der Waals surface area contributed by atoms with Crippen LogP contribution in [0.25, 0.3) is 0 Å². The molecule has 3 heteroatoms. The maximum absolute atomic E-state index is 13.9. The number of ketones is 1. The highest BCUT2D eigenvalue weighted by Crippen LogP contribution is 2.32. The van der Waals surface area contributed by atoms with Crippen molar-refractivity contribution >= 4 is 21.7 Å². The zero-order valence-electron chi connectivity index (χ0n) is 8.13. The minimum absolute atomic E-state index is 0.389. The Morgan fingerprint density at radius 1 is 1.36 bits per heavy atom. The largest absolute Gasteiger partial charge is 0.290 e. The molecule has 1 nitrogen and oxygen atoms in total. The van der Waals surface area contributed by atoms with Gasteiger partial charge < -0.3 is 0 Å². The molecular weight excluding hydrogens is 247 g/mol. The standard InChI is InChI=1S/C11H12BrFO/c1-8(2)11(12,13)10(14)9-6-4-3-5-7-9/h3-8H,1-2H3/t11-/m1/s1. The third-order valence-corrected chi connectivity index (χ3v) is 3.34. The molecular formula is C11H12BrFO. The Bertz CT molecular complexity index is 319. The molecule has 0 N–H and O–H groups in total. The minimum atomic E-state index is -1.96. The number of carbonyl (C=O) groups excluding carboxylic acids is 1. The van der Waals surface area contributed by atoms with E-state index < -0.39 is 16.3 Å². The average Bonchev–Trinajstić information content (AvgIpc) is 2.17. The van der Waals surface area contributed by atoms with Gasteiger partial charge in [-0.1, -0.05) is 44.2 Å². The average molecular weight is 259 g/mol. The van der Waals surface area contributed by atoms with Crippen LogP contribution in [0.1, 0.15) is 24.2 Å². The summed E-state index contributed by atoms with van der Waals surface area (Å²) in [6, 6.07) is 8.45. The van der Waals surface area contributed by atoms with Crippen LogP contribution in [0.2, 0.25) is 0 Å². The molecule has 0 aliphatic heterocycles. The lowest BCUT2D eigenvalue weighted by atomic mass is 9.99. The van der Waals surface area contributed by atoms with Gasteiger partial charge in [0.2, 0.25) is 10.4 Å². The molecule has 0 aliphatic rings. The van der Waals surface area contributed by atoms with Crippen molar-refractivity contribution in [3.05, 3.63) is 35.9 Å². The number of benzene rings is 1. The first-order chi connectivity index (χ1) is 6.46. The van der Waals surface area contributed by atoms with Gasteiger partial charge in [-0.2, -0.15) is 0 Å². The lowest BCUT2D eigenvalue weighted by molar-refractivity contribution is 0.0788. The summed E-state index contributed by atoms with van der Waals surface area (Å²) >= 11 is 2.83. The van der Waals surface area contributed by atoms with Crippen LogP contribution in [0.15, 0.2) is 30.3 Å². The van der Waals surface area contributed by atoms with Gasteiger partial charge in [-0.25, -0.2) is 4.39 Å². The van der Waals surface area contributed by atoms with Gasteiger partial charge in [0.15, 0.2) is 0 Å². The van der Waals surface area contributed by atoms with Crippen molar-refractivity contribution in [3.8, 4) is 0 Å². The molecule has 0 heterocycles. The van der Waals surface area contributed by atoms with E-state index in [9.17, 15) is 9.18 Å². The summed E-state index contributed by atoms with van der Waals surface area (Å²) in [4.78, 5) is 11.7. The van der Waals surface area contributed by atoms with Gasteiger partial charge >= 0.3 is 0 Å². The molecule has 0 amide bonds. The fourth-order valence-corrected chi connectivity index (χ4v) is 1.27. The lowest BCUT2D eigenvalue weighted by Gasteiger charge is -2.20. The predicted octanol–water partition coefficient (Wildman–Crippen LogP) is 3.59. The number of Topliss-reactive ketones (excluding diaryl/α,β-unsaturated/α-hetero) is 1. The first kappa shape index (κ1) is 11.4. The molecule has 0 saturated carbocycles. The van der Waals surface area contributed by atoms with Crippen LogP contribution in [0.5, 0.6) is 0 Å². The van der Waals surface area contributed by atoms with Crippen LogP contribution in [0, 0.1) is 5.92 Å². The summed E-state index contributed by atoms with van der Waals surface area (Å²) in [5, 5.41) is 0. The van der Waals surface area contributed by atoms with E-state index in [4.69, 9.17) is 0 Å². The van der Waals surface area contributed by atoms with Crippen LogP contribution >= 0.6 is 15.9 Å². The van der Waals surface area contributed by atoms with Gasteiger partial charge in [0.05, 0.1) is 0 Å². The van der Waals surface area contributed by atoms with E-state index in [2.05, 4.69) is 15.9 Å². The summed E-state index contributed by atoms with van der Waals surface area (Å²) in [7, 11) is 0. The van der Waals surface area contributed by atoms with Crippen LogP contribution in [0.4, 0.5) is 4.39 Å². The molecule has 1 rings (SSSR count). The first-order valence-corrected chi connectivity index (χ1v) is 5.23. The second-order valence-corrected chi connectivity index (χ2v) is 4.63. The van der Waals surface area contributed by atoms with Crippen molar-refractivity contribution < 1.29 is 9.18 Å². The Morgan fingerprint density at radius 2 is 1.86 bits per heavy atom. The zero-order chi connectivity index (χ0) is 10.8. The van der Waals surface area contributed by atoms with Crippen molar-refractivity contribution in [3.63, 3.8) is 0 Å². The van der Waals surface area contributed by atoms with Crippen molar-refractivity contribution in [2.75, 3.05) is 0 Å². The highest BCUT2D eigenvalue weighted by Gasteiger charge is 2.39. The summed E-state index contributed by atoms with van der Waals surface area (Å²) in [5.41, 5.74) is 0.389. The topological polar surface area (TPSA) is 17.1 Å². The Morgan fingerprint density at radius 3 is 2.29 bits per heavy atom. The smallest absolute Gasteiger partial charge is 0.229 e. The Kier molecular flexibility index (Phi) is 3.43. The van der Waals surface area contributed by atoms with E-state index in [1.54, 1.807) is 44.2 Å². The summed E-state index contributed by atoms with van der Waals surface area (Å²) < 4.78 is 11.9. The van der Waals surface area contributed by atoms with Gasteiger partial charge in [0.1, 0.15) is 0 Å². The first-order valence-electron chi connectivity index (χ1n) is 4.44. The van der Waals surface area contributed by atoms with Gasteiger partial charge in [0.25, 0.3) is 0 Å². The van der Waals surface area contributed by atoms with Gasteiger partial charge in [0, 0.05) is 11.5 Å². The zero-order valence-corrected chi connectivity index (χ0v) is 9.71. The van der Waals surface area contributed by atoms with Crippen LogP contribution in [-0.4, -0.2) is 10.4 Å². The Hall–Kier alpha value is -0.700. The maximum atomic E-state index is 13.9. The number of rotatable bonds is 3. The monoisotopic (exact) mass is 258 g/mol. The SMILES string of the molecule is CC(C)[C@](F)(Br)C(=O)c1ccccc1. The van der Waals surface area contributed by atoms with Crippen LogP contribution in [0.3, 0.4) is 0 Å². The van der Waals surface area contributed by atoms with E-state index in [0.717, 1.165) is 0 Å². The molecule has 1 aromatic carbocycles. The molecule has 0 fully saturated rings. The van der Waals surface area contributed by atoms with Gasteiger partial charge in [-0.05, 0) is 15.9 Å². The molecule has 0 aromatic heterocycles. The maximum Gasteiger partial charge on any atom is 0.229 e. The second-order valence-electron chi connectivity index (χ2n) is 3.47. The summed E-state index contributed by atoms with van der Waals surface area (Å²) in [6.45, 7) is 3.32. The number of alkyl halides is 2. The fourth-order valence-electron chi connectivity index (χ4n) is 1.04. The molecule has 0 unspecified atom stereocenters. The minimum Gasteiger partial charge on any atom is -0.290 e. The number of hydrogen-bond acceptors (Lipinski definition) is 1. The van der Waals surface area contributed by atoms with E-state index in [0.29, 0.717) is 5.56 Å². The second kappa shape index (κ2) is 4.22. The number of halogens is 2. The van der Waals surface area contributed by atoms with E-state index >= 15 is 0 Å². The van der Waals surface area contributed by atoms with E-state index in [1.807, 2.05) is 0 Å². The number of hydrogen-bond donors (Lipinski definition) is 0. The molecule has 0 bridgehead atoms. The van der Waals surface area contributed by atoms with Crippen LogP contribution in [-0.2, 0) is 0 Å². The van der Waals surface area contributed by atoms with Gasteiger partial charge in [-0.15, -0.1) is 0 Å². The molecule has 0 saturated heterocycles. The lowest BCUT2D eigenvalue weighted by Crippen LogP contribution is -2.32. The molecule has 0 aliphatic carbocycles. The quantitative estimate of drug-likeness (QED) is 0.599. The predicted molar refractivity (Wildman–Crippen MR) is 58.4 cm³/mol. The Labute approximate surface area is 91.5 Å². The third kappa shape index (κ3) is 2.21. The van der Waals surface area contributed by atoms with E-state index in [-0.39, 0.29) is 0 Å². The Balaban J connectivity index is 2.97. The molecule has 76 valence electrons. The molecule has 0 radical (unpaired) electrons. The van der Waals surface area contributed by atoms with Crippen molar-refractivity contribution in [2.24, 2.45) is 5.92 Å². The molecule has 0 spiro atoms. The van der Waals surface area contributed by atoms with Crippen LogP contribution < -0.4 is 0 Å². The number of carbonyl (C=O) groups is 1. The molecule has 14 heavy (non-hydrogen) atoms. The van der Waals surface area contributed by atoms with Crippen molar-refractivity contribution in [1.82, 2.24) is 0 Å². The van der Waals surface area contributed by atoms with Crippen molar-refractivity contribution in [2.45, 2.75) is 18.4 Å². The molecule has 1 atom stereocenters.